The Bertz CT molecular complexity index is 319. The smallest absolute Gasteiger partial charge is 0.328 e. The number of aliphatic hydroxyl groups excluding tert-OH is 1. The molecule has 2 atom stereocenters. The van der Waals surface area contributed by atoms with E-state index in [2.05, 4.69) is 5.32 Å². The molecule has 1 aliphatic rings. The summed E-state index contributed by atoms with van der Waals surface area (Å²) in [6.07, 6.45) is -0.265. The zero-order chi connectivity index (χ0) is 13.9. The molecule has 1 aliphatic heterocycles. The van der Waals surface area contributed by atoms with Gasteiger partial charge in [0.05, 0.1) is 11.7 Å². The number of nitrogens with zero attached hydrogens (tertiary/aromatic N) is 1. The number of carboxylic acid groups (broad SMARTS) is 1. The maximum Gasteiger partial charge on any atom is 0.328 e. The van der Waals surface area contributed by atoms with Crippen LogP contribution in [-0.2, 0) is 4.79 Å². The fourth-order valence-electron chi connectivity index (χ4n) is 1.80. The van der Waals surface area contributed by atoms with Crippen LogP contribution in [-0.4, -0.2) is 63.1 Å². The van der Waals surface area contributed by atoms with Crippen molar-refractivity contribution < 1.29 is 24.9 Å². The van der Waals surface area contributed by atoms with Crippen molar-refractivity contribution in [2.45, 2.75) is 44.4 Å². The second-order valence-electron chi connectivity index (χ2n) is 4.99. The lowest BCUT2D eigenvalue weighted by molar-refractivity contribution is -0.141. The summed E-state index contributed by atoms with van der Waals surface area (Å²) in [6, 6.07) is -1.85. The molecule has 1 saturated heterocycles. The number of carboxylic acids is 1. The Balaban J connectivity index is 2.53. The summed E-state index contributed by atoms with van der Waals surface area (Å²) in [6.45, 7) is 3.74. The Hall–Kier alpha value is -1.34. The molecule has 0 aliphatic carbocycles. The Morgan fingerprint density at radius 2 is 1.83 bits per heavy atom. The third kappa shape index (κ3) is 3.85. The number of hydrogen-bond acceptors (Lipinski definition) is 4. The lowest BCUT2D eigenvalue weighted by Crippen LogP contribution is -2.55. The van der Waals surface area contributed by atoms with Gasteiger partial charge in [-0.25, -0.2) is 9.59 Å². The molecular weight excluding hydrogens is 240 g/mol. The highest BCUT2D eigenvalue weighted by Crippen LogP contribution is 2.21. The van der Waals surface area contributed by atoms with Gasteiger partial charge >= 0.3 is 12.0 Å². The van der Waals surface area contributed by atoms with Crippen LogP contribution in [0.4, 0.5) is 4.79 Å². The van der Waals surface area contributed by atoms with Crippen LogP contribution in [0.1, 0.15) is 26.7 Å². The van der Waals surface area contributed by atoms with Gasteiger partial charge in [0.25, 0.3) is 0 Å². The fraction of sp³-hybridized carbons (Fsp3) is 0.818. The normalized spacial score (nSPS) is 22.1. The van der Waals surface area contributed by atoms with Crippen molar-refractivity contribution in [3.05, 3.63) is 0 Å². The Morgan fingerprint density at radius 1 is 1.33 bits per heavy atom. The summed E-state index contributed by atoms with van der Waals surface area (Å²) in [5.74, 6) is -1.28. The van der Waals surface area contributed by atoms with Crippen LogP contribution in [0.25, 0.3) is 0 Å². The molecule has 0 radical (unpaired) electrons. The van der Waals surface area contributed by atoms with Crippen molar-refractivity contribution in [1.29, 1.82) is 0 Å². The molecule has 1 heterocycles. The van der Waals surface area contributed by atoms with E-state index < -0.39 is 29.7 Å². The number of aliphatic hydroxyl groups is 2. The van der Waals surface area contributed by atoms with E-state index in [1.165, 1.54) is 11.8 Å². The second kappa shape index (κ2) is 5.53. The molecule has 1 fully saturated rings. The van der Waals surface area contributed by atoms with Crippen LogP contribution in [0.3, 0.4) is 0 Å². The Morgan fingerprint density at radius 3 is 2.22 bits per heavy atom. The van der Waals surface area contributed by atoms with Crippen LogP contribution in [0.15, 0.2) is 0 Å². The number of urea groups is 1. The van der Waals surface area contributed by atoms with Gasteiger partial charge in [0.1, 0.15) is 0 Å². The highest BCUT2D eigenvalue weighted by Gasteiger charge is 2.32. The van der Waals surface area contributed by atoms with E-state index >= 15 is 0 Å². The molecule has 18 heavy (non-hydrogen) atoms. The molecule has 0 saturated carbocycles. The third-order valence-electron chi connectivity index (χ3n) is 3.16. The average molecular weight is 260 g/mol. The molecule has 0 aromatic carbocycles. The summed E-state index contributed by atoms with van der Waals surface area (Å²) >= 11 is 0. The lowest BCUT2D eigenvalue weighted by Gasteiger charge is -2.36. The number of nitrogens with one attached hydrogen (secondary N) is 1. The van der Waals surface area contributed by atoms with Crippen LogP contribution < -0.4 is 5.32 Å². The number of piperidine rings is 1. The van der Waals surface area contributed by atoms with Crippen molar-refractivity contribution in [2.24, 2.45) is 0 Å². The highest BCUT2D eigenvalue weighted by molar-refractivity contribution is 5.83. The largest absolute Gasteiger partial charge is 0.480 e. The number of hydrogen-bond donors (Lipinski definition) is 4. The minimum Gasteiger partial charge on any atom is -0.480 e. The Labute approximate surface area is 105 Å². The summed E-state index contributed by atoms with van der Waals surface area (Å²) in [5.41, 5.74) is -0.771. The van der Waals surface area contributed by atoms with Gasteiger partial charge in [-0.15, -0.1) is 0 Å². The summed E-state index contributed by atoms with van der Waals surface area (Å²) < 4.78 is 0. The van der Waals surface area contributed by atoms with Crippen LogP contribution in [0, 0.1) is 0 Å². The van der Waals surface area contributed by atoms with Gasteiger partial charge in [0, 0.05) is 13.1 Å². The first-order chi connectivity index (χ1) is 8.23. The van der Waals surface area contributed by atoms with Crippen LogP contribution in [0.2, 0.25) is 0 Å². The first-order valence-electron chi connectivity index (χ1n) is 5.91. The van der Waals surface area contributed by atoms with E-state index in [0.717, 1.165) is 0 Å². The van der Waals surface area contributed by atoms with Gasteiger partial charge in [-0.05, 0) is 26.7 Å². The van der Waals surface area contributed by atoms with Gasteiger partial charge in [-0.2, -0.15) is 0 Å². The number of rotatable bonds is 3. The van der Waals surface area contributed by atoms with Crippen molar-refractivity contribution in [1.82, 2.24) is 10.2 Å². The molecular formula is C11H20N2O5. The fourth-order valence-corrected chi connectivity index (χ4v) is 1.80. The number of carbonyl (C=O) groups excluding carboxylic acids is 1. The van der Waals surface area contributed by atoms with E-state index in [0.29, 0.717) is 25.9 Å². The zero-order valence-corrected chi connectivity index (χ0v) is 10.6. The number of likely N-dealkylation sites (tertiary alicyclic amines) is 1. The molecule has 0 bridgehead atoms. The summed E-state index contributed by atoms with van der Waals surface area (Å²) in [7, 11) is 0. The molecule has 7 heteroatoms. The third-order valence-corrected chi connectivity index (χ3v) is 3.16. The summed E-state index contributed by atoms with van der Waals surface area (Å²) in [4.78, 5) is 24.1. The molecule has 0 aromatic rings. The van der Waals surface area contributed by atoms with Crippen molar-refractivity contribution in [3.8, 4) is 0 Å². The van der Waals surface area contributed by atoms with Gasteiger partial charge in [-0.1, -0.05) is 0 Å². The molecule has 0 unspecified atom stereocenters. The monoisotopic (exact) mass is 260 g/mol. The molecule has 0 spiro atoms. The van der Waals surface area contributed by atoms with Crippen molar-refractivity contribution in [3.63, 3.8) is 0 Å². The molecule has 7 nitrogen and oxygen atoms in total. The molecule has 2 amide bonds. The van der Waals surface area contributed by atoms with Gasteiger partial charge in [-0.3, -0.25) is 0 Å². The van der Waals surface area contributed by atoms with Crippen LogP contribution in [0.5, 0.6) is 0 Å². The van der Waals surface area contributed by atoms with Gasteiger partial charge in [0.15, 0.2) is 6.04 Å². The van der Waals surface area contributed by atoms with Gasteiger partial charge in [0.2, 0.25) is 0 Å². The minimum atomic E-state index is -1.32. The zero-order valence-electron chi connectivity index (χ0n) is 10.6. The number of aliphatic carboxylic acids is 1. The Kier molecular flexibility index (Phi) is 4.53. The molecule has 104 valence electrons. The van der Waals surface area contributed by atoms with Crippen molar-refractivity contribution >= 4 is 12.0 Å². The lowest BCUT2D eigenvalue weighted by atomic mass is 9.94. The molecule has 0 aromatic heterocycles. The van der Waals surface area contributed by atoms with E-state index in [-0.39, 0.29) is 0 Å². The van der Waals surface area contributed by atoms with E-state index in [1.807, 2.05) is 0 Å². The van der Waals surface area contributed by atoms with E-state index in [1.54, 1.807) is 6.92 Å². The SMILES string of the molecule is C[C@@H](O)[C@H](NC(=O)N1CCC(C)(O)CC1)C(=O)O. The number of carbonyl (C=O) groups is 2. The average Bonchev–Trinajstić information content (AvgIpc) is 2.24. The maximum atomic E-state index is 11.8. The van der Waals surface area contributed by atoms with Gasteiger partial charge < -0.3 is 25.5 Å². The predicted molar refractivity (Wildman–Crippen MR) is 63.1 cm³/mol. The quantitative estimate of drug-likeness (QED) is 0.540. The van der Waals surface area contributed by atoms with E-state index in [9.17, 15) is 19.8 Å². The first kappa shape index (κ1) is 14.7. The van der Waals surface area contributed by atoms with Crippen molar-refractivity contribution in [2.75, 3.05) is 13.1 Å². The first-order valence-corrected chi connectivity index (χ1v) is 5.91. The standard InChI is InChI=1S/C11H20N2O5/c1-7(14)8(9(15)16)12-10(17)13-5-3-11(2,18)4-6-13/h7-8,14,18H,3-6H2,1-2H3,(H,12,17)(H,15,16)/t7-,8+/m1/s1. The maximum absolute atomic E-state index is 11.8. The highest BCUT2D eigenvalue weighted by atomic mass is 16.4. The topological polar surface area (TPSA) is 110 Å². The predicted octanol–water partition coefficient (Wildman–Crippen LogP) is -0.623. The second-order valence-corrected chi connectivity index (χ2v) is 4.99. The minimum absolute atomic E-state index is 0.366. The number of amides is 2. The molecule has 4 N–H and O–H groups in total. The van der Waals surface area contributed by atoms with E-state index in [4.69, 9.17) is 5.11 Å². The molecule has 1 rings (SSSR count). The van der Waals surface area contributed by atoms with Crippen LogP contribution >= 0.6 is 0 Å². The summed E-state index contributed by atoms with van der Waals surface area (Å²) in [5, 5.41) is 30.1.